The van der Waals surface area contributed by atoms with E-state index in [1.807, 2.05) is 6.92 Å². The van der Waals surface area contributed by atoms with Crippen LogP contribution in [0.25, 0.3) is 0 Å². The lowest BCUT2D eigenvalue weighted by Crippen LogP contribution is -2.53. The number of amides is 2. The summed E-state index contributed by atoms with van der Waals surface area (Å²) >= 11 is 12.5. The van der Waals surface area contributed by atoms with E-state index in [-0.39, 0.29) is 34.1 Å². The number of benzene rings is 3. The van der Waals surface area contributed by atoms with Crippen molar-refractivity contribution in [3.63, 3.8) is 0 Å². The van der Waals surface area contributed by atoms with Gasteiger partial charge in [-0.3, -0.25) is 13.9 Å². The highest BCUT2D eigenvalue weighted by Gasteiger charge is 2.33. The molecule has 3 aromatic carbocycles. The Bertz CT molecular complexity index is 1530. The number of hydrogen-bond acceptors (Lipinski definition) is 5. The first-order valence-corrected chi connectivity index (χ1v) is 16.5. The van der Waals surface area contributed by atoms with Gasteiger partial charge in [0, 0.05) is 17.6 Å². The highest BCUT2D eigenvalue weighted by molar-refractivity contribution is 7.92. The van der Waals surface area contributed by atoms with Gasteiger partial charge in [0.1, 0.15) is 18.3 Å². The highest BCUT2D eigenvalue weighted by Crippen LogP contribution is 2.32. The number of halogens is 2. The Morgan fingerprint density at radius 3 is 2.23 bits per heavy atom. The van der Waals surface area contributed by atoms with Gasteiger partial charge in [-0.05, 0) is 74.7 Å². The third kappa shape index (κ3) is 8.22. The molecule has 0 saturated heterocycles. The third-order valence-electron chi connectivity index (χ3n) is 7.70. The minimum Gasteiger partial charge on any atom is -0.495 e. The predicted octanol–water partition coefficient (Wildman–Crippen LogP) is 6.37. The van der Waals surface area contributed by atoms with Crippen LogP contribution in [0.1, 0.15) is 50.2 Å². The van der Waals surface area contributed by atoms with Crippen molar-refractivity contribution < 1.29 is 22.7 Å². The second-order valence-corrected chi connectivity index (χ2v) is 13.5. The molecule has 0 aliphatic heterocycles. The third-order valence-corrected chi connectivity index (χ3v) is 10.0. The van der Waals surface area contributed by atoms with Crippen molar-refractivity contribution >= 4 is 50.7 Å². The number of anilines is 1. The Morgan fingerprint density at radius 1 is 0.977 bits per heavy atom. The van der Waals surface area contributed by atoms with Crippen LogP contribution in [0.2, 0.25) is 10.0 Å². The van der Waals surface area contributed by atoms with Gasteiger partial charge in [-0.15, -0.1) is 0 Å². The van der Waals surface area contributed by atoms with Crippen LogP contribution < -0.4 is 14.4 Å². The number of ether oxygens (including phenoxy) is 1. The first-order valence-electron chi connectivity index (χ1n) is 14.3. The molecule has 0 radical (unpaired) electrons. The van der Waals surface area contributed by atoms with E-state index in [4.69, 9.17) is 27.9 Å². The van der Waals surface area contributed by atoms with E-state index in [1.165, 1.54) is 36.3 Å². The smallest absolute Gasteiger partial charge is 0.264 e. The van der Waals surface area contributed by atoms with Crippen LogP contribution in [-0.2, 0) is 26.2 Å². The minimum absolute atomic E-state index is 0.0187. The molecular weight excluding hydrogens is 609 g/mol. The number of hydrogen-bond donors (Lipinski definition) is 1. The molecule has 1 saturated carbocycles. The van der Waals surface area contributed by atoms with Gasteiger partial charge in [0.25, 0.3) is 10.0 Å². The fourth-order valence-corrected chi connectivity index (χ4v) is 6.90. The van der Waals surface area contributed by atoms with Gasteiger partial charge in [0.05, 0.1) is 22.7 Å². The molecule has 0 bridgehead atoms. The van der Waals surface area contributed by atoms with Crippen molar-refractivity contribution in [2.24, 2.45) is 0 Å². The molecule has 11 heteroatoms. The quantitative estimate of drug-likeness (QED) is 0.261. The first-order chi connectivity index (χ1) is 20.5. The average molecular weight is 647 g/mol. The standard InChI is InChI=1S/C32H37Cl2N3O5S/c1-22-9-16-28(17-10-22)43(40,41)37(27-15-18-30(42-3)29(34)19-27)21-31(38)36(20-24-11-13-25(33)14-12-24)23(2)32(39)35-26-7-5-4-6-8-26/h9-19,23,26H,4-8,20-21H2,1-3H3,(H,35,39)/t23-/m0/s1. The van der Waals surface area contributed by atoms with Crippen LogP contribution in [-0.4, -0.2) is 50.9 Å². The topological polar surface area (TPSA) is 96.0 Å². The molecule has 2 amide bonds. The molecule has 230 valence electrons. The van der Waals surface area contributed by atoms with Crippen LogP contribution in [0, 0.1) is 6.92 Å². The zero-order valence-electron chi connectivity index (χ0n) is 24.6. The van der Waals surface area contributed by atoms with Crippen LogP contribution in [0.3, 0.4) is 0 Å². The van der Waals surface area contributed by atoms with Crippen LogP contribution in [0.5, 0.6) is 5.75 Å². The van der Waals surface area contributed by atoms with Crippen molar-refractivity contribution in [3.05, 3.63) is 87.9 Å². The molecule has 4 rings (SSSR count). The van der Waals surface area contributed by atoms with Gasteiger partial charge < -0.3 is 15.0 Å². The van der Waals surface area contributed by atoms with E-state index in [9.17, 15) is 18.0 Å². The number of sulfonamides is 1. The van der Waals surface area contributed by atoms with Crippen molar-refractivity contribution in [3.8, 4) is 5.75 Å². The van der Waals surface area contributed by atoms with Crippen LogP contribution in [0.15, 0.2) is 71.6 Å². The Hall–Kier alpha value is -3.27. The van der Waals surface area contributed by atoms with E-state index >= 15 is 0 Å². The molecule has 0 unspecified atom stereocenters. The van der Waals surface area contributed by atoms with Gasteiger partial charge >= 0.3 is 0 Å². The van der Waals surface area contributed by atoms with Crippen molar-refractivity contribution in [2.45, 2.75) is 69.5 Å². The Balaban J connectivity index is 1.70. The zero-order chi connectivity index (χ0) is 31.1. The predicted molar refractivity (Wildman–Crippen MR) is 170 cm³/mol. The van der Waals surface area contributed by atoms with E-state index in [2.05, 4.69) is 5.32 Å². The molecule has 3 aromatic rings. The number of carbonyl (C=O) groups is 2. The SMILES string of the molecule is COc1ccc(N(CC(=O)N(Cc2ccc(Cl)cc2)[C@@H](C)C(=O)NC2CCCCC2)S(=O)(=O)c2ccc(C)cc2)cc1Cl. The Morgan fingerprint density at radius 2 is 1.63 bits per heavy atom. The molecule has 1 aliphatic rings. The van der Waals surface area contributed by atoms with E-state index < -0.39 is 28.5 Å². The van der Waals surface area contributed by atoms with Crippen molar-refractivity contribution in [2.75, 3.05) is 18.0 Å². The fraction of sp³-hybridized carbons (Fsp3) is 0.375. The Labute approximate surface area is 264 Å². The van der Waals surface area contributed by atoms with Gasteiger partial charge in [-0.25, -0.2) is 8.42 Å². The summed E-state index contributed by atoms with van der Waals surface area (Å²) in [7, 11) is -2.76. The second-order valence-electron chi connectivity index (χ2n) is 10.8. The van der Waals surface area contributed by atoms with Gasteiger partial charge in [-0.1, -0.05) is 72.3 Å². The minimum atomic E-state index is -4.21. The van der Waals surface area contributed by atoms with Crippen molar-refractivity contribution in [1.82, 2.24) is 10.2 Å². The first kappa shape index (κ1) is 32.6. The summed E-state index contributed by atoms with van der Waals surface area (Å²) in [5.41, 5.74) is 1.82. The number of rotatable bonds is 11. The molecule has 0 aromatic heterocycles. The van der Waals surface area contributed by atoms with Gasteiger partial charge in [0.2, 0.25) is 11.8 Å². The molecule has 1 aliphatic carbocycles. The maximum atomic E-state index is 14.1. The number of carbonyl (C=O) groups excluding carboxylic acids is 2. The van der Waals surface area contributed by atoms with Gasteiger partial charge in [0.15, 0.2) is 0 Å². The monoisotopic (exact) mass is 645 g/mol. The van der Waals surface area contributed by atoms with Crippen LogP contribution in [0.4, 0.5) is 5.69 Å². The van der Waals surface area contributed by atoms with Crippen molar-refractivity contribution in [1.29, 1.82) is 0 Å². The molecule has 1 N–H and O–H groups in total. The summed E-state index contributed by atoms with van der Waals surface area (Å²) < 4.78 is 34.3. The highest BCUT2D eigenvalue weighted by atomic mass is 35.5. The average Bonchev–Trinajstić information content (AvgIpc) is 2.99. The normalized spacial score (nSPS) is 14.5. The Kier molecular flexibility index (Phi) is 11.0. The van der Waals surface area contributed by atoms with E-state index in [0.29, 0.717) is 10.8 Å². The summed E-state index contributed by atoms with van der Waals surface area (Å²) in [5, 5.41) is 3.83. The molecule has 43 heavy (non-hydrogen) atoms. The second kappa shape index (κ2) is 14.5. The lowest BCUT2D eigenvalue weighted by Gasteiger charge is -2.33. The summed E-state index contributed by atoms with van der Waals surface area (Å²) in [4.78, 5) is 29.0. The number of methoxy groups -OCH3 is 1. The lowest BCUT2D eigenvalue weighted by atomic mass is 9.95. The molecule has 1 fully saturated rings. The van der Waals surface area contributed by atoms with E-state index in [0.717, 1.165) is 47.5 Å². The van der Waals surface area contributed by atoms with E-state index in [1.54, 1.807) is 49.4 Å². The van der Waals surface area contributed by atoms with Crippen LogP contribution >= 0.6 is 23.2 Å². The maximum Gasteiger partial charge on any atom is 0.264 e. The summed E-state index contributed by atoms with van der Waals surface area (Å²) in [6.45, 7) is 3.04. The van der Waals surface area contributed by atoms with Gasteiger partial charge in [-0.2, -0.15) is 0 Å². The molecular formula is C32H37Cl2N3O5S. The number of nitrogens with one attached hydrogen (secondary N) is 1. The maximum absolute atomic E-state index is 14.1. The summed E-state index contributed by atoms with van der Waals surface area (Å²) in [6, 6.07) is 17.1. The lowest BCUT2D eigenvalue weighted by molar-refractivity contribution is -0.139. The molecule has 0 spiro atoms. The molecule has 1 atom stereocenters. The molecule has 8 nitrogen and oxygen atoms in total. The number of nitrogens with zero attached hydrogens (tertiary/aromatic N) is 2. The number of aryl methyl sites for hydroxylation is 1. The fourth-order valence-electron chi connectivity index (χ4n) is 5.11. The molecule has 0 heterocycles. The summed E-state index contributed by atoms with van der Waals surface area (Å²) in [5.74, 6) is -0.472. The zero-order valence-corrected chi connectivity index (χ0v) is 26.9. The summed E-state index contributed by atoms with van der Waals surface area (Å²) in [6.07, 6.45) is 5.02. The largest absolute Gasteiger partial charge is 0.495 e.